The van der Waals surface area contributed by atoms with E-state index in [0.29, 0.717) is 35.9 Å². The fourth-order valence-electron chi connectivity index (χ4n) is 6.28. The Morgan fingerprint density at radius 2 is 1.59 bits per heavy atom. The molecule has 4 rings (SSSR count). The highest BCUT2D eigenvalue weighted by Crippen LogP contribution is 2.43. The highest BCUT2D eigenvalue weighted by molar-refractivity contribution is 5.94. The van der Waals surface area contributed by atoms with E-state index < -0.39 is 12.6 Å². The summed E-state index contributed by atoms with van der Waals surface area (Å²) in [6.07, 6.45) is 7.37. The lowest BCUT2D eigenvalue weighted by molar-refractivity contribution is -0.127. The Morgan fingerprint density at radius 1 is 0.971 bits per heavy atom. The van der Waals surface area contributed by atoms with E-state index in [0.717, 1.165) is 30.7 Å². The van der Waals surface area contributed by atoms with Crippen LogP contribution in [0.25, 0.3) is 0 Å². The van der Waals surface area contributed by atoms with Crippen LogP contribution in [0.2, 0.25) is 0 Å². The van der Waals surface area contributed by atoms with Crippen LogP contribution in [0, 0.1) is 11.8 Å². The number of carbonyl (C=O) groups is 1. The molecule has 1 unspecified atom stereocenters. The molecule has 1 amide bonds. The number of nitrogens with zero attached hydrogens (tertiary/aromatic N) is 1. The van der Waals surface area contributed by atoms with Gasteiger partial charge in [0.05, 0.1) is 12.5 Å². The summed E-state index contributed by atoms with van der Waals surface area (Å²) in [7, 11) is 0. The molecule has 1 aromatic rings. The summed E-state index contributed by atoms with van der Waals surface area (Å²) in [5.74, 6) is 1.04. The lowest BCUT2D eigenvalue weighted by Crippen LogP contribution is -2.31. The van der Waals surface area contributed by atoms with E-state index in [9.17, 15) is 18.0 Å². The minimum atomic E-state index is -4.26. The monoisotopic (exact) mass is 476 g/mol. The van der Waals surface area contributed by atoms with Crippen molar-refractivity contribution in [2.45, 2.75) is 96.2 Å². The second kappa shape index (κ2) is 11.2. The first-order chi connectivity index (χ1) is 16.3. The second-order valence-corrected chi connectivity index (χ2v) is 10.6. The van der Waals surface area contributed by atoms with Crippen LogP contribution in [0.4, 0.5) is 13.2 Å². The standard InChI is InChI=1S/C28H39F3N2O/c1-20-25(27(34)32-18-21-10-4-2-5-11-21)16-26(33(20)19-22-12-6-3-7-13-22)24-15-9-8-14-23(24)17-28(29,30)31/h8-9,14-15,21-22,26H,2-7,10-13,16-19H2,1H3,(H,32,34). The summed E-state index contributed by atoms with van der Waals surface area (Å²) in [6.45, 7) is 3.51. The number of rotatable bonds is 7. The molecule has 0 aromatic heterocycles. The molecule has 1 heterocycles. The van der Waals surface area contributed by atoms with Crippen LogP contribution >= 0.6 is 0 Å². The molecule has 1 aliphatic heterocycles. The van der Waals surface area contributed by atoms with Gasteiger partial charge in [-0.1, -0.05) is 62.8 Å². The van der Waals surface area contributed by atoms with Gasteiger partial charge in [-0.15, -0.1) is 0 Å². The molecule has 3 aliphatic rings. The molecule has 3 nitrogen and oxygen atoms in total. The number of benzene rings is 1. The van der Waals surface area contributed by atoms with Crippen LogP contribution in [-0.4, -0.2) is 30.1 Å². The fraction of sp³-hybridized carbons (Fsp3) is 0.679. The SMILES string of the molecule is CC1=C(C(=O)NCC2CCCCC2)CC(c2ccccc2CC(F)(F)F)N1CC1CCCCC1. The summed E-state index contributed by atoms with van der Waals surface area (Å²) < 4.78 is 40.0. The first-order valence-corrected chi connectivity index (χ1v) is 13.2. The molecule has 2 fully saturated rings. The summed E-state index contributed by atoms with van der Waals surface area (Å²) in [5.41, 5.74) is 2.73. The average molecular weight is 477 g/mol. The van der Waals surface area contributed by atoms with Crippen LogP contribution < -0.4 is 5.32 Å². The van der Waals surface area contributed by atoms with E-state index in [1.165, 1.54) is 51.4 Å². The van der Waals surface area contributed by atoms with Gasteiger partial charge in [0, 0.05) is 30.8 Å². The maximum atomic E-state index is 13.3. The van der Waals surface area contributed by atoms with Crippen molar-refractivity contribution < 1.29 is 18.0 Å². The van der Waals surface area contributed by atoms with Gasteiger partial charge in [-0.3, -0.25) is 4.79 Å². The number of hydrogen-bond acceptors (Lipinski definition) is 2. The van der Waals surface area contributed by atoms with Crippen LogP contribution in [-0.2, 0) is 11.2 Å². The zero-order chi connectivity index (χ0) is 24.1. The predicted molar refractivity (Wildman–Crippen MR) is 129 cm³/mol. The fourth-order valence-corrected chi connectivity index (χ4v) is 6.28. The molecular weight excluding hydrogens is 437 g/mol. The Balaban J connectivity index is 1.55. The Hall–Kier alpha value is -1.98. The molecule has 2 saturated carbocycles. The minimum absolute atomic E-state index is 0.0347. The Kier molecular flexibility index (Phi) is 8.26. The van der Waals surface area contributed by atoms with Crippen molar-refractivity contribution in [3.8, 4) is 0 Å². The molecule has 34 heavy (non-hydrogen) atoms. The van der Waals surface area contributed by atoms with Gasteiger partial charge in [0.2, 0.25) is 5.91 Å². The molecule has 0 spiro atoms. The summed E-state index contributed by atoms with van der Waals surface area (Å²) >= 11 is 0. The van der Waals surface area contributed by atoms with Gasteiger partial charge >= 0.3 is 6.18 Å². The average Bonchev–Trinajstić information content (AvgIpc) is 3.14. The highest BCUT2D eigenvalue weighted by atomic mass is 19.4. The van der Waals surface area contributed by atoms with Gasteiger partial charge in [0.1, 0.15) is 0 Å². The zero-order valence-corrected chi connectivity index (χ0v) is 20.4. The van der Waals surface area contributed by atoms with Crippen molar-refractivity contribution in [1.29, 1.82) is 0 Å². The number of allylic oxidation sites excluding steroid dienone is 1. The van der Waals surface area contributed by atoms with Crippen LogP contribution in [0.15, 0.2) is 35.5 Å². The molecular formula is C28H39F3N2O. The molecule has 1 N–H and O–H groups in total. The van der Waals surface area contributed by atoms with Gasteiger partial charge in [-0.2, -0.15) is 13.2 Å². The normalized spacial score (nSPS) is 22.9. The van der Waals surface area contributed by atoms with Crippen molar-refractivity contribution in [3.63, 3.8) is 0 Å². The number of hydrogen-bond donors (Lipinski definition) is 1. The number of carbonyl (C=O) groups excluding carboxylic acids is 1. The first-order valence-electron chi connectivity index (χ1n) is 13.2. The Labute approximate surface area is 202 Å². The Bertz CT molecular complexity index is 867. The van der Waals surface area contributed by atoms with Crippen LogP contribution in [0.3, 0.4) is 0 Å². The van der Waals surface area contributed by atoms with E-state index in [4.69, 9.17) is 0 Å². The van der Waals surface area contributed by atoms with E-state index in [-0.39, 0.29) is 11.9 Å². The summed E-state index contributed by atoms with van der Waals surface area (Å²) in [4.78, 5) is 15.5. The molecule has 0 bridgehead atoms. The summed E-state index contributed by atoms with van der Waals surface area (Å²) in [5, 5.41) is 3.17. The number of amides is 1. The van der Waals surface area contributed by atoms with E-state index in [1.807, 2.05) is 19.1 Å². The van der Waals surface area contributed by atoms with Gasteiger partial charge < -0.3 is 10.2 Å². The van der Waals surface area contributed by atoms with Gasteiger partial charge in [-0.25, -0.2) is 0 Å². The molecule has 0 saturated heterocycles. The third kappa shape index (κ3) is 6.37. The third-order valence-electron chi connectivity index (χ3n) is 8.18. The maximum absolute atomic E-state index is 13.3. The molecule has 0 radical (unpaired) electrons. The highest BCUT2D eigenvalue weighted by Gasteiger charge is 2.38. The van der Waals surface area contributed by atoms with Crippen LogP contribution in [0.1, 0.15) is 94.7 Å². The lowest BCUT2D eigenvalue weighted by Gasteiger charge is -2.35. The zero-order valence-electron chi connectivity index (χ0n) is 20.4. The minimum Gasteiger partial charge on any atom is -0.367 e. The predicted octanol–water partition coefficient (Wildman–Crippen LogP) is 7.09. The van der Waals surface area contributed by atoms with Gasteiger partial charge in [0.15, 0.2) is 0 Å². The molecule has 188 valence electrons. The molecule has 1 atom stereocenters. The maximum Gasteiger partial charge on any atom is 0.393 e. The van der Waals surface area contributed by atoms with Gasteiger partial charge in [-0.05, 0) is 55.6 Å². The molecule has 6 heteroatoms. The van der Waals surface area contributed by atoms with E-state index in [2.05, 4.69) is 10.2 Å². The lowest BCUT2D eigenvalue weighted by atomic mass is 9.88. The number of alkyl halides is 3. The van der Waals surface area contributed by atoms with Crippen molar-refractivity contribution >= 4 is 5.91 Å². The van der Waals surface area contributed by atoms with Crippen LogP contribution in [0.5, 0.6) is 0 Å². The number of halogens is 3. The third-order valence-corrected chi connectivity index (χ3v) is 8.18. The van der Waals surface area contributed by atoms with E-state index in [1.54, 1.807) is 12.1 Å². The first kappa shape index (κ1) is 25.1. The summed E-state index contributed by atoms with van der Waals surface area (Å²) in [6, 6.07) is 6.72. The van der Waals surface area contributed by atoms with Crippen molar-refractivity contribution in [3.05, 3.63) is 46.7 Å². The van der Waals surface area contributed by atoms with Crippen molar-refractivity contribution in [2.24, 2.45) is 11.8 Å². The van der Waals surface area contributed by atoms with Crippen molar-refractivity contribution in [2.75, 3.05) is 13.1 Å². The van der Waals surface area contributed by atoms with E-state index >= 15 is 0 Å². The quantitative estimate of drug-likeness (QED) is 0.456. The number of nitrogens with one attached hydrogen (secondary N) is 1. The Morgan fingerprint density at radius 3 is 2.24 bits per heavy atom. The molecule has 2 aliphatic carbocycles. The van der Waals surface area contributed by atoms with Crippen molar-refractivity contribution in [1.82, 2.24) is 10.2 Å². The second-order valence-electron chi connectivity index (χ2n) is 10.6. The molecule has 1 aromatic carbocycles. The van der Waals surface area contributed by atoms with Gasteiger partial charge in [0.25, 0.3) is 0 Å². The largest absolute Gasteiger partial charge is 0.393 e. The topological polar surface area (TPSA) is 32.3 Å². The smallest absolute Gasteiger partial charge is 0.367 e.